The van der Waals surface area contributed by atoms with Crippen LogP contribution in [0.2, 0.25) is 0 Å². The van der Waals surface area contributed by atoms with Crippen molar-refractivity contribution in [3.63, 3.8) is 0 Å². The van der Waals surface area contributed by atoms with Crippen molar-refractivity contribution in [3.05, 3.63) is 0 Å². The molecule has 0 radical (unpaired) electrons. The Hall–Kier alpha value is 1.44. The van der Waals surface area contributed by atoms with Crippen molar-refractivity contribution < 1.29 is 0 Å². The molecule has 1 aliphatic carbocycles. The Labute approximate surface area is 100 Å². The van der Waals surface area contributed by atoms with Gasteiger partial charge in [0, 0.05) is 14.5 Å². The molecule has 4 unspecified atom stereocenters. The molecule has 0 amide bonds. The molecule has 3 heteroatoms. The van der Waals surface area contributed by atoms with Crippen LogP contribution in [-0.2, 0) is 0 Å². The highest BCUT2D eigenvalue weighted by Gasteiger charge is 2.30. The maximum absolute atomic E-state index is 3.77. The van der Waals surface area contributed by atoms with Crippen LogP contribution in [0.4, 0.5) is 0 Å². The lowest BCUT2D eigenvalue weighted by molar-refractivity contribution is 0.368. The van der Waals surface area contributed by atoms with Crippen LogP contribution in [0.1, 0.15) is 32.6 Å². The summed E-state index contributed by atoms with van der Waals surface area (Å²) >= 11 is 11.2. The summed E-state index contributed by atoms with van der Waals surface area (Å²) in [5, 5.41) is 0. The normalized spacial score (nSPS) is 36.0. The first-order valence-corrected chi connectivity index (χ1v) is 7.30. The fourth-order valence-corrected chi connectivity index (χ4v) is 4.16. The molecule has 12 heavy (non-hydrogen) atoms. The molecule has 1 fully saturated rings. The van der Waals surface area contributed by atoms with E-state index < -0.39 is 0 Å². The smallest absolute Gasteiger partial charge is 0.0307 e. The minimum atomic E-state index is 0.570. The zero-order chi connectivity index (χ0) is 9.14. The van der Waals surface area contributed by atoms with Crippen LogP contribution < -0.4 is 0 Å². The Balaban J connectivity index is 2.47. The van der Waals surface area contributed by atoms with Gasteiger partial charge in [0.15, 0.2) is 0 Å². The monoisotopic (exact) mass is 360 g/mol. The average molecular weight is 363 g/mol. The van der Waals surface area contributed by atoms with Crippen LogP contribution >= 0.6 is 47.8 Å². The molecule has 0 saturated heterocycles. The number of hydrogen-bond acceptors (Lipinski definition) is 0. The highest BCUT2D eigenvalue weighted by atomic mass is 79.9. The van der Waals surface area contributed by atoms with Crippen molar-refractivity contribution in [3.8, 4) is 0 Å². The molecule has 0 heterocycles. The van der Waals surface area contributed by atoms with Crippen molar-refractivity contribution in [2.45, 2.75) is 47.1 Å². The van der Waals surface area contributed by atoms with E-state index in [9.17, 15) is 0 Å². The lowest BCUT2D eigenvalue weighted by Gasteiger charge is -2.32. The summed E-state index contributed by atoms with van der Waals surface area (Å²) in [4.78, 5) is 1.90. The van der Waals surface area contributed by atoms with Gasteiger partial charge in [-0.15, -0.1) is 0 Å². The maximum Gasteiger partial charge on any atom is 0.0307 e. The molecule has 0 aromatic carbocycles. The summed E-state index contributed by atoms with van der Waals surface area (Å²) < 4.78 is 0. The largest absolute Gasteiger partial charge is 0.0887 e. The third-order valence-corrected chi connectivity index (χ3v) is 6.47. The number of rotatable bonds is 2. The van der Waals surface area contributed by atoms with E-state index in [0.29, 0.717) is 9.65 Å². The van der Waals surface area contributed by atoms with E-state index in [4.69, 9.17) is 0 Å². The highest BCUT2D eigenvalue weighted by molar-refractivity contribution is 9.12. The summed E-state index contributed by atoms with van der Waals surface area (Å²) in [5.41, 5.74) is 0. The van der Waals surface area contributed by atoms with Crippen molar-refractivity contribution >= 4 is 47.8 Å². The average Bonchev–Trinajstić information content (AvgIpc) is 2.04. The van der Waals surface area contributed by atoms with E-state index in [1.54, 1.807) is 0 Å². The van der Waals surface area contributed by atoms with Gasteiger partial charge in [-0.3, -0.25) is 0 Å². The SMILES string of the molecule is CC(Br)C(Br)C1CCCCC1Br. The molecular weight excluding hydrogens is 348 g/mol. The Morgan fingerprint density at radius 2 is 1.75 bits per heavy atom. The van der Waals surface area contributed by atoms with E-state index in [1.807, 2.05) is 0 Å². The lowest BCUT2D eigenvalue weighted by Crippen LogP contribution is -2.31. The molecule has 0 aliphatic heterocycles. The van der Waals surface area contributed by atoms with E-state index in [2.05, 4.69) is 54.7 Å². The lowest BCUT2D eigenvalue weighted by atomic mass is 9.86. The fourth-order valence-electron chi connectivity index (χ4n) is 1.81. The molecule has 0 N–H and O–H groups in total. The zero-order valence-corrected chi connectivity index (χ0v) is 12.0. The van der Waals surface area contributed by atoms with E-state index >= 15 is 0 Å². The molecule has 0 bridgehead atoms. The summed E-state index contributed by atoms with van der Waals surface area (Å²) in [6.07, 6.45) is 5.49. The molecule has 72 valence electrons. The van der Waals surface area contributed by atoms with Gasteiger partial charge < -0.3 is 0 Å². The van der Waals surface area contributed by atoms with Crippen LogP contribution in [0.5, 0.6) is 0 Å². The fraction of sp³-hybridized carbons (Fsp3) is 1.00. The molecule has 0 aromatic rings. The van der Waals surface area contributed by atoms with Crippen LogP contribution in [0.25, 0.3) is 0 Å². The van der Waals surface area contributed by atoms with E-state index in [1.165, 1.54) is 25.7 Å². The van der Waals surface area contributed by atoms with Crippen LogP contribution in [0.15, 0.2) is 0 Å². The van der Waals surface area contributed by atoms with Crippen LogP contribution in [-0.4, -0.2) is 14.5 Å². The Morgan fingerprint density at radius 1 is 1.17 bits per heavy atom. The van der Waals surface area contributed by atoms with Crippen molar-refractivity contribution in [1.29, 1.82) is 0 Å². The molecule has 1 aliphatic rings. The van der Waals surface area contributed by atoms with Gasteiger partial charge >= 0.3 is 0 Å². The van der Waals surface area contributed by atoms with Crippen LogP contribution in [0.3, 0.4) is 0 Å². The second kappa shape index (κ2) is 5.35. The summed E-state index contributed by atoms with van der Waals surface area (Å²) in [7, 11) is 0. The summed E-state index contributed by atoms with van der Waals surface area (Å²) in [6, 6.07) is 0. The van der Waals surface area contributed by atoms with E-state index in [0.717, 1.165) is 10.7 Å². The van der Waals surface area contributed by atoms with Gasteiger partial charge in [-0.25, -0.2) is 0 Å². The molecule has 1 saturated carbocycles. The molecule has 1 rings (SSSR count). The number of halogens is 3. The van der Waals surface area contributed by atoms with Gasteiger partial charge in [-0.1, -0.05) is 67.6 Å². The predicted octanol–water partition coefficient (Wildman–Crippen LogP) is 4.49. The molecule has 0 nitrogen and oxygen atoms in total. The second-order valence-electron chi connectivity index (χ2n) is 3.59. The summed E-state index contributed by atoms with van der Waals surface area (Å²) in [6.45, 7) is 2.22. The Bertz CT molecular complexity index is 136. The van der Waals surface area contributed by atoms with Gasteiger partial charge in [0.25, 0.3) is 0 Å². The first kappa shape index (κ1) is 11.5. The van der Waals surface area contributed by atoms with Gasteiger partial charge in [0.1, 0.15) is 0 Å². The maximum atomic E-state index is 3.77. The van der Waals surface area contributed by atoms with Crippen molar-refractivity contribution in [2.75, 3.05) is 0 Å². The molecule has 0 spiro atoms. The van der Waals surface area contributed by atoms with Crippen molar-refractivity contribution in [1.82, 2.24) is 0 Å². The number of hydrogen-bond donors (Lipinski definition) is 0. The second-order valence-corrected chi connectivity index (χ2v) is 7.26. The first-order valence-electron chi connectivity index (χ1n) is 4.55. The van der Waals surface area contributed by atoms with Crippen LogP contribution in [0, 0.1) is 5.92 Å². The third-order valence-electron chi connectivity index (χ3n) is 2.58. The quantitative estimate of drug-likeness (QED) is 0.635. The Morgan fingerprint density at radius 3 is 2.25 bits per heavy atom. The minimum absolute atomic E-state index is 0.570. The predicted molar refractivity (Wildman–Crippen MR) is 65.8 cm³/mol. The zero-order valence-electron chi connectivity index (χ0n) is 7.27. The van der Waals surface area contributed by atoms with Gasteiger partial charge in [-0.2, -0.15) is 0 Å². The highest BCUT2D eigenvalue weighted by Crippen LogP contribution is 2.37. The van der Waals surface area contributed by atoms with Crippen molar-refractivity contribution in [2.24, 2.45) is 5.92 Å². The minimum Gasteiger partial charge on any atom is -0.0887 e. The Kier molecular flexibility index (Phi) is 5.14. The third kappa shape index (κ3) is 2.98. The van der Waals surface area contributed by atoms with Gasteiger partial charge in [0.05, 0.1) is 0 Å². The van der Waals surface area contributed by atoms with E-state index in [-0.39, 0.29) is 0 Å². The number of alkyl halides is 3. The van der Waals surface area contributed by atoms with Gasteiger partial charge in [-0.05, 0) is 18.8 Å². The standard InChI is InChI=1S/C9H15Br3/c1-6(10)9(12)7-4-2-3-5-8(7)11/h6-9H,2-5H2,1H3. The first-order chi connectivity index (χ1) is 5.63. The topological polar surface area (TPSA) is 0 Å². The molecule has 0 aromatic heterocycles. The molecular formula is C9H15Br3. The van der Waals surface area contributed by atoms with Gasteiger partial charge in [0.2, 0.25) is 0 Å². The molecule has 4 atom stereocenters. The summed E-state index contributed by atoms with van der Waals surface area (Å²) in [5.74, 6) is 0.799.